The van der Waals surface area contributed by atoms with E-state index < -0.39 is 0 Å². The molecule has 12 heavy (non-hydrogen) atoms. The van der Waals surface area contributed by atoms with Crippen LogP contribution >= 0.6 is 0 Å². The SMILES string of the molecule is CCCC(C)(N)c1nncn1C. The summed E-state index contributed by atoms with van der Waals surface area (Å²) in [6, 6.07) is 0. The maximum absolute atomic E-state index is 6.07. The van der Waals surface area contributed by atoms with Gasteiger partial charge in [-0.25, -0.2) is 0 Å². The summed E-state index contributed by atoms with van der Waals surface area (Å²) in [6.07, 6.45) is 3.66. The van der Waals surface area contributed by atoms with Crippen LogP contribution in [0, 0.1) is 0 Å². The van der Waals surface area contributed by atoms with Crippen molar-refractivity contribution in [2.75, 3.05) is 0 Å². The van der Waals surface area contributed by atoms with E-state index in [0.717, 1.165) is 18.7 Å². The fraction of sp³-hybridized carbons (Fsp3) is 0.750. The van der Waals surface area contributed by atoms with Crippen LogP contribution in [0.3, 0.4) is 0 Å². The topological polar surface area (TPSA) is 56.7 Å². The molecule has 1 atom stereocenters. The van der Waals surface area contributed by atoms with Crippen LogP contribution in [0.25, 0.3) is 0 Å². The number of nitrogens with zero attached hydrogens (tertiary/aromatic N) is 3. The quantitative estimate of drug-likeness (QED) is 0.726. The first-order valence-electron chi connectivity index (χ1n) is 4.21. The van der Waals surface area contributed by atoms with Gasteiger partial charge in [-0.1, -0.05) is 13.3 Å². The Morgan fingerprint density at radius 1 is 1.67 bits per heavy atom. The molecule has 1 aromatic heterocycles. The molecule has 0 saturated heterocycles. The fourth-order valence-electron chi connectivity index (χ4n) is 1.43. The highest BCUT2D eigenvalue weighted by atomic mass is 15.3. The first-order chi connectivity index (χ1) is 5.58. The predicted octanol–water partition coefficient (Wildman–Crippen LogP) is 0.789. The number of hydrogen-bond acceptors (Lipinski definition) is 3. The van der Waals surface area contributed by atoms with Crippen LogP contribution in [-0.2, 0) is 12.6 Å². The van der Waals surface area contributed by atoms with Gasteiger partial charge in [0.1, 0.15) is 6.33 Å². The second-order valence-electron chi connectivity index (χ2n) is 3.43. The lowest BCUT2D eigenvalue weighted by molar-refractivity contribution is 0.406. The van der Waals surface area contributed by atoms with Crippen LogP contribution in [0.5, 0.6) is 0 Å². The number of rotatable bonds is 3. The summed E-state index contributed by atoms with van der Waals surface area (Å²) in [6.45, 7) is 4.10. The third-order valence-corrected chi connectivity index (χ3v) is 1.99. The van der Waals surface area contributed by atoms with E-state index in [1.807, 2.05) is 18.5 Å². The van der Waals surface area contributed by atoms with Gasteiger partial charge in [-0.3, -0.25) is 0 Å². The molecular formula is C8H16N4. The zero-order valence-electron chi connectivity index (χ0n) is 7.91. The Morgan fingerprint density at radius 2 is 2.33 bits per heavy atom. The van der Waals surface area contributed by atoms with Crippen LogP contribution in [-0.4, -0.2) is 14.8 Å². The van der Waals surface area contributed by atoms with Gasteiger partial charge in [-0.15, -0.1) is 10.2 Å². The lowest BCUT2D eigenvalue weighted by atomic mass is 9.97. The van der Waals surface area contributed by atoms with Crippen LogP contribution in [0.2, 0.25) is 0 Å². The second kappa shape index (κ2) is 3.23. The van der Waals surface area contributed by atoms with Crippen LogP contribution in [0.15, 0.2) is 6.33 Å². The third kappa shape index (κ3) is 1.64. The summed E-state index contributed by atoms with van der Waals surface area (Å²) >= 11 is 0. The maximum Gasteiger partial charge on any atom is 0.152 e. The monoisotopic (exact) mass is 168 g/mol. The lowest BCUT2D eigenvalue weighted by Crippen LogP contribution is -2.35. The number of hydrogen-bond donors (Lipinski definition) is 1. The van der Waals surface area contributed by atoms with Gasteiger partial charge in [-0.05, 0) is 13.3 Å². The van der Waals surface area contributed by atoms with Crippen molar-refractivity contribution in [1.29, 1.82) is 0 Å². The van der Waals surface area contributed by atoms with Crippen molar-refractivity contribution in [3.05, 3.63) is 12.2 Å². The Balaban J connectivity index is 2.88. The van der Waals surface area contributed by atoms with E-state index in [1.165, 1.54) is 0 Å². The van der Waals surface area contributed by atoms with Crippen molar-refractivity contribution < 1.29 is 0 Å². The van der Waals surface area contributed by atoms with Crippen molar-refractivity contribution >= 4 is 0 Å². The molecule has 4 nitrogen and oxygen atoms in total. The second-order valence-corrected chi connectivity index (χ2v) is 3.43. The zero-order valence-corrected chi connectivity index (χ0v) is 7.91. The van der Waals surface area contributed by atoms with Crippen molar-refractivity contribution in [1.82, 2.24) is 14.8 Å². The van der Waals surface area contributed by atoms with Gasteiger partial charge >= 0.3 is 0 Å². The van der Waals surface area contributed by atoms with Crippen molar-refractivity contribution in [3.8, 4) is 0 Å². The van der Waals surface area contributed by atoms with Crippen LogP contribution < -0.4 is 5.73 Å². The fourth-order valence-corrected chi connectivity index (χ4v) is 1.43. The van der Waals surface area contributed by atoms with E-state index in [2.05, 4.69) is 17.1 Å². The molecule has 0 aliphatic rings. The van der Waals surface area contributed by atoms with E-state index in [1.54, 1.807) is 6.33 Å². The number of aromatic nitrogens is 3. The summed E-state index contributed by atoms with van der Waals surface area (Å²) in [5.74, 6) is 0.851. The smallest absolute Gasteiger partial charge is 0.152 e. The molecular weight excluding hydrogens is 152 g/mol. The zero-order chi connectivity index (χ0) is 9.19. The molecule has 68 valence electrons. The predicted molar refractivity (Wildman–Crippen MR) is 47.5 cm³/mol. The molecule has 1 unspecified atom stereocenters. The van der Waals surface area contributed by atoms with Gasteiger partial charge in [0.05, 0.1) is 5.54 Å². The third-order valence-electron chi connectivity index (χ3n) is 1.99. The van der Waals surface area contributed by atoms with Crippen molar-refractivity contribution in [2.45, 2.75) is 32.2 Å². The van der Waals surface area contributed by atoms with E-state index >= 15 is 0 Å². The first kappa shape index (κ1) is 9.19. The molecule has 0 aromatic carbocycles. The molecule has 0 spiro atoms. The summed E-state index contributed by atoms with van der Waals surface area (Å²) < 4.78 is 1.87. The minimum atomic E-state index is -0.347. The molecule has 0 amide bonds. The molecule has 0 aliphatic carbocycles. The molecule has 0 aliphatic heterocycles. The molecule has 2 N–H and O–H groups in total. The average molecular weight is 168 g/mol. The lowest BCUT2D eigenvalue weighted by Gasteiger charge is -2.22. The molecule has 0 fully saturated rings. The van der Waals surface area contributed by atoms with E-state index in [-0.39, 0.29) is 5.54 Å². The van der Waals surface area contributed by atoms with E-state index in [0.29, 0.717) is 0 Å². The largest absolute Gasteiger partial charge is 0.319 e. The van der Waals surface area contributed by atoms with Gasteiger partial charge in [0.15, 0.2) is 5.82 Å². The number of nitrogens with two attached hydrogens (primary N) is 1. The van der Waals surface area contributed by atoms with Crippen LogP contribution in [0.1, 0.15) is 32.5 Å². The van der Waals surface area contributed by atoms with E-state index in [4.69, 9.17) is 5.73 Å². The minimum Gasteiger partial charge on any atom is -0.319 e. The summed E-state index contributed by atoms with van der Waals surface area (Å²) in [4.78, 5) is 0. The standard InChI is InChI=1S/C8H16N4/c1-4-5-8(2,9)7-11-10-6-12(7)3/h6H,4-5,9H2,1-3H3. The highest BCUT2D eigenvalue weighted by molar-refractivity contribution is 5.01. The van der Waals surface area contributed by atoms with Gasteiger partial charge in [-0.2, -0.15) is 0 Å². The Morgan fingerprint density at radius 3 is 2.75 bits per heavy atom. The van der Waals surface area contributed by atoms with Gasteiger partial charge in [0, 0.05) is 7.05 Å². The Bertz CT molecular complexity index is 251. The average Bonchev–Trinajstić information content (AvgIpc) is 2.35. The molecule has 0 bridgehead atoms. The Hall–Kier alpha value is -0.900. The first-order valence-corrected chi connectivity index (χ1v) is 4.21. The summed E-state index contributed by atoms with van der Waals surface area (Å²) in [7, 11) is 1.91. The summed E-state index contributed by atoms with van der Waals surface area (Å²) in [5, 5.41) is 7.80. The highest BCUT2D eigenvalue weighted by Gasteiger charge is 2.24. The van der Waals surface area contributed by atoms with Crippen molar-refractivity contribution in [2.24, 2.45) is 12.8 Å². The van der Waals surface area contributed by atoms with Gasteiger partial charge in [0.25, 0.3) is 0 Å². The van der Waals surface area contributed by atoms with Crippen LogP contribution in [0.4, 0.5) is 0 Å². The minimum absolute atomic E-state index is 0.347. The normalized spacial score (nSPS) is 16.0. The molecule has 0 radical (unpaired) electrons. The Labute approximate surface area is 72.8 Å². The van der Waals surface area contributed by atoms with Crippen molar-refractivity contribution in [3.63, 3.8) is 0 Å². The Kier molecular flexibility index (Phi) is 2.47. The van der Waals surface area contributed by atoms with Gasteiger partial charge in [0.2, 0.25) is 0 Å². The number of aryl methyl sites for hydroxylation is 1. The summed E-state index contributed by atoms with van der Waals surface area (Å²) in [5.41, 5.74) is 5.72. The molecule has 0 saturated carbocycles. The van der Waals surface area contributed by atoms with Gasteiger partial charge < -0.3 is 10.3 Å². The molecule has 1 heterocycles. The maximum atomic E-state index is 6.07. The molecule has 1 aromatic rings. The van der Waals surface area contributed by atoms with E-state index in [9.17, 15) is 0 Å². The highest BCUT2D eigenvalue weighted by Crippen LogP contribution is 2.19. The molecule has 4 heteroatoms. The molecule has 1 rings (SSSR count).